The number of ether oxygens (including phenoxy) is 2. The maximum absolute atomic E-state index is 13.1. The van der Waals surface area contributed by atoms with Crippen molar-refractivity contribution < 1.29 is 27.8 Å². The topological polar surface area (TPSA) is 93.7 Å². The standard InChI is InChI=1S/C19H17FN2O2.C17H13FN2O2/c1-19(12-24-13-19)22(2)18(23)17-9-8-15(11-21-17)7-6-14-4-3-5-16(20)10-14;18-14-3-1-2-12(8-14)4-5-13-6-7-16(19-9-13)17(21)20-15-10-22-11-15/h3-5,8-11H,12-13H2,1-2H3;1-3,6-9,15H,10-11H2,(H,20,21). The molecule has 2 fully saturated rings. The molecule has 4 aromatic rings. The summed E-state index contributed by atoms with van der Waals surface area (Å²) in [7, 11) is 1.75. The van der Waals surface area contributed by atoms with Gasteiger partial charge in [-0.1, -0.05) is 35.8 Å². The van der Waals surface area contributed by atoms with Crippen LogP contribution in [-0.2, 0) is 9.47 Å². The molecular weight excluding hydrogens is 590 g/mol. The monoisotopic (exact) mass is 620 g/mol. The van der Waals surface area contributed by atoms with Gasteiger partial charge in [0.2, 0.25) is 0 Å². The summed E-state index contributed by atoms with van der Waals surface area (Å²) in [6.07, 6.45) is 3.07. The quantitative estimate of drug-likeness (QED) is 0.344. The second-order valence-corrected chi connectivity index (χ2v) is 10.9. The highest BCUT2D eigenvalue weighted by molar-refractivity contribution is 5.93. The summed E-state index contributed by atoms with van der Waals surface area (Å²) in [5.74, 6) is 10.5. The molecule has 1 N–H and O–H groups in total. The molecule has 0 aliphatic carbocycles. The molecule has 46 heavy (non-hydrogen) atoms. The summed E-state index contributed by atoms with van der Waals surface area (Å²) in [5, 5.41) is 2.81. The van der Waals surface area contributed by atoms with E-state index in [9.17, 15) is 18.4 Å². The highest BCUT2D eigenvalue weighted by Crippen LogP contribution is 2.24. The van der Waals surface area contributed by atoms with E-state index in [0.717, 1.165) is 0 Å². The van der Waals surface area contributed by atoms with Crippen LogP contribution in [-0.4, -0.2) is 71.7 Å². The maximum atomic E-state index is 13.1. The summed E-state index contributed by atoms with van der Waals surface area (Å²) in [5.41, 5.74) is 2.93. The predicted octanol–water partition coefficient (Wildman–Crippen LogP) is 4.23. The van der Waals surface area contributed by atoms with E-state index < -0.39 is 0 Å². The number of amides is 2. The highest BCUT2D eigenvalue weighted by Gasteiger charge is 2.40. The molecule has 2 saturated heterocycles. The first-order valence-electron chi connectivity index (χ1n) is 14.4. The number of nitrogens with one attached hydrogen (secondary N) is 1. The fraction of sp³-hybridized carbons (Fsp3) is 0.222. The fourth-order valence-electron chi connectivity index (χ4n) is 4.20. The minimum absolute atomic E-state index is 0.0711. The lowest BCUT2D eigenvalue weighted by Crippen LogP contribution is -2.60. The number of nitrogens with zero attached hydrogens (tertiary/aromatic N) is 3. The molecule has 0 radical (unpaired) electrons. The molecule has 4 heterocycles. The van der Waals surface area contributed by atoms with Gasteiger partial charge in [-0.25, -0.2) is 18.7 Å². The van der Waals surface area contributed by atoms with Crippen LogP contribution in [0.1, 0.15) is 50.2 Å². The SMILES string of the molecule is CN(C(=O)c1ccc(C#Cc2cccc(F)c2)cn1)C1(C)COC1.O=C(NC1COC1)c1ccc(C#Cc2cccc(F)c2)cn1. The van der Waals surface area contributed by atoms with Crippen molar-refractivity contribution in [3.8, 4) is 23.7 Å². The van der Waals surface area contributed by atoms with Crippen LogP contribution in [0, 0.1) is 35.3 Å². The number of aromatic nitrogens is 2. The fourth-order valence-corrected chi connectivity index (χ4v) is 4.20. The van der Waals surface area contributed by atoms with Crippen molar-refractivity contribution in [3.63, 3.8) is 0 Å². The van der Waals surface area contributed by atoms with Gasteiger partial charge in [-0.3, -0.25) is 9.59 Å². The van der Waals surface area contributed by atoms with Crippen LogP contribution in [0.4, 0.5) is 8.78 Å². The van der Waals surface area contributed by atoms with Crippen LogP contribution < -0.4 is 5.32 Å². The van der Waals surface area contributed by atoms with Crippen molar-refractivity contribution in [1.29, 1.82) is 0 Å². The number of benzene rings is 2. The van der Waals surface area contributed by atoms with Gasteiger partial charge in [0.15, 0.2) is 0 Å². The Bertz CT molecular complexity index is 1830. The van der Waals surface area contributed by atoms with Crippen molar-refractivity contribution in [1.82, 2.24) is 20.2 Å². The van der Waals surface area contributed by atoms with Gasteiger partial charge in [-0.05, 0) is 67.6 Å². The normalized spacial score (nSPS) is 14.3. The van der Waals surface area contributed by atoms with E-state index >= 15 is 0 Å². The van der Waals surface area contributed by atoms with Gasteiger partial charge in [0.1, 0.15) is 23.0 Å². The van der Waals surface area contributed by atoms with Crippen molar-refractivity contribution in [2.45, 2.75) is 18.5 Å². The van der Waals surface area contributed by atoms with Gasteiger partial charge in [0, 0.05) is 41.7 Å². The summed E-state index contributed by atoms with van der Waals surface area (Å²) >= 11 is 0. The maximum Gasteiger partial charge on any atom is 0.272 e. The lowest BCUT2D eigenvalue weighted by Gasteiger charge is -2.45. The van der Waals surface area contributed by atoms with Crippen LogP contribution in [0.15, 0.2) is 85.2 Å². The number of carbonyl (C=O) groups excluding carboxylic acids is 2. The third-order valence-corrected chi connectivity index (χ3v) is 7.24. The number of rotatable bonds is 4. The van der Waals surface area contributed by atoms with Gasteiger partial charge >= 0.3 is 0 Å². The minimum atomic E-state index is -0.322. The van der Waals surface area contributed by atoms with E-state index in [2.05, 4.69) is 39.0 Å². The molecule has 0 saturated carbocycles. The van der Waals surface area contributed by atoms with E-state index in [4.69, 9.17) is 9.47 Å². The van der Waals surface area contributed by atoms with E-state index in [1.807, 2.05) is 6.92 Å². The average Bonchev–Trinajstić information content (AvgIpc) is 3.03. The lowest BCUT2D eigenvalue weighted by molar-refractivity contribution is -0.108. The van der Waals surface area contributed by atoms with Crippen molar-refractivity contribution in [2.24, 2.45) is 0 Å². The lowest BCUT2D eigenvalue weighted by atomic mass is 9.98. The van der Waals surface area contributed by atoms with Gasteiger partial charge in [-0.2, -0.15) is 0 Å². The number of carbonyl (C=O) groups is 2. The Morgan fingerprint density at radius 1 is 0.783 bits per heavy atom. The number of hydrogen-bond donors (Lipinski definition) is 1. The van der Waals surface area contributed by atoms with Crippen molar-refractivity contribution in [3.05, 3.63) is 130 Å². The van der Waals surface area contributed by atoms with Gasteiger partial charge in [-0.15, -0.1) is 0 Å². The zero-order valence-electron chi connectivity index (χ0n) is 25.2. The molecule has 0 spiro atoms. The zero-order chi connectivity index (χ0) is 32.5. The minimum Gasteiger partial charge on any atom is -0.377 e. The Kier molecular flexibility index (Phi) is 10.1. The Morgan fingerprint density at radius 3 is 1.72 bits per heavy atom. The Morgan fingerprint density at radius 2 is 1.30 bits per heavy atom. The summed E-state index contributed by atoms with van der Waals surface area (Å²) in [6, 6.07) is 18.9. The molecular formula is C36H30F2N4O4. The van der Waals surface area contributed by atoms with E-state index in [1.165, 1.54) is 30.5 Å². The largest absolute Gasteiger partial charge is 0.377 e. The second-order valence-electron chi connectivity index (χ2n) is 10.9. The number of likely N-dealkylation sites (N-methyl/N-ethyl adjacent to an activating group) is 1. The Labute approximate surface area is 265 Å². The molecule has 0 atom stereocenters. The molecule has 0 unspecified atom stereocenters. The van der Waals surface area contributed by atoms with Gasteiger partial charge < -0.3 is 19.7 Å². The number of hydrogen-bond acceptors (Lipinski definition) is 6. The zero-order valence-corrected chi connectivity index (χ0v) is 25.2. The van der Waals surface area contributed by atoms with E-state index in [0.29, 0.717) is 60.1 Å². The first-order valence-corrected chi connectivity index (χ1v) is 14.4. The number of halogens is 2. The van der Waals surface area contributed by atoms with Crippen LogP contribution in [0.25, 0.3) is 0 Å². The van der Waals surface area contributed by atoms with Gasteiger partial charge in [0.25, 0.3) is 11.8 Å². The molecule has 2 amide bonds. The van der Waals surface area contributed by atoms with E-state index in [1.54, 1.807) is 66.7 Å². The molecule has 232 valence electrons. The van der Waals surface area contributed by atoms with E-state index in [-0.39, 0.29) is 35.0 Å². The second kappa shape index (κ2) is 14.6. The molecule has 0 bridgehead atoms. The first kappa shape index (κ1) is 32.0. The van der Waals surface area contributed by atoms with Crippen LogP contribution in [0.5, 0.6) is 0 Å². The molecule has 8 nitrogen and oxygen atoms in total. The Balaban J connectivity index is 0.000000182. The Hall–Kier alpha value is -5.42. The summed E-state index contributed by atoms with van der Waals surface area (Å²) in [4.78, 5) is 34.3. The smallest absolute Gasteiger partial charge is 0.272 e. The molecule has 2 aromatic heterocycles. The third kappa shape index (κ3) is 8.39. The van der Waals surface area contributed by atoms with Crippen LogP contribution >= 0.6 is 0 Å². The summed E-state index contributed by atoms with van der Waals surface area (Å²) < 4.78 is 36.3. The van der Waals surface area contributed by atoms with Crippen molar-refractivity contribution >= 4 is 11.8 Å². The molecule has 6 rings (SSSR count). The molecule has 2 aliphatic rings. The molecule has 10 heteroatoms. The molecule has 2 aromatic carbocycles. The predicted molar refractivity (Wildman–Crippen MR) is 167 cm³/mol. The van der Waals surface area contributed by atoms with Gasteiger partial charge in [0.05, 0.1) is 38.0 Å². The first-order chi connectivity index (χ1) is 22.2. The third-order valence-electron chi connectivity index (χ3n) is 7.24. The van der Waals surface area contributed by atoms with Crippen molar-refractivity contribution in [2.75, 3.05) is 33.5 Å². The summed E-state index contributed by atoms with van der Waals surface area (Å²) in [6.45, 7) is 4.14. The molecule has 2 aliphatic heterocycles. The average molecular weight is 621 g/mol. The van der Waals surface area contributed by atoms with Crippen LogP contribution in [0.3, 0.4) is 0 Å². The van der Waals surface area contributed by atoms with Crippen LogP contribution in [0.2, 0.25) is 0 Å². The highest BCUT2D eigenvalue weighted by atomic mass is 19.1. The number of pyridine rings is 2.